The molecule has 0 radical (unpaired) electrons. The molecule has 1 aromatic rings. The van der Waals surface area contributed by atoms with E-state index in [0.29, 0.717) is 0 Å². The molecular weight excluding hydrogens is 190 g/mol. The molecule has 0 heterocycles. The maximum absolute atomic E-state index is 9.46. The van der Waals surface area contributed by atoms with E-state index >= 15 is 0 Å². The van der Waals surface area contributed by atoms with Gasteiger partial charge < -0.3 is 15.9 Å². The lowest BCUT2D eigenvalue weighted by Gasteiger charge is -2.09. The lowest BCUT2D eigenvalue weighted by atomic mass is 10.0. The monoisotopic (exact) mass is 209 g/mol. The summed E-state index contributed by atoms with van der Waals surface area (Å²) in [4.78, 5) is 0. The van der Waals surface area contributed by atoms with Crippen molar-refractivity contribution in [3.63, 3.8) is 0 Å². The van der Waals surface area contributed by atoms with Crippen LogP contribution in [-0.4, -0.2) is 23.4 Å². The van der Waals surface area contributed by atoms with Gasteiger partial charge in [0.1, 0.15) is 6.10 Å². The zero-order valence-corrected chi connectivity index (χ0v) is 8.89. The third-order valence-corrected chi connectivity index (χ3v) is 2.43. The average Bonchev–Trinajstić information content (AvgIpc) is 2.29. The molecule has 1 atom stereocenters. The molecule has 3 nitrogen and oxygen atoms in total. The largest absolute Gasteiger partial charge is 0.393 e. The molecule has 0 fully saturated rings. The number of hydrogen-bond donors (Lipinski definition) is 3. The Bertz CT molecular complexity index is 289. The van der Waals surface area contributed by atoms with Gasteiger partial charge in [-0.25, -0.2) is 0 Å². The predicted molar refractivity (Wildman–Crippen MR) is 60.5 cm³/mol. The molecule has 15 heavy (non-hydrogen) atoms. The highest BCUT2D eigenvalue weighted by molar-refractivity contribution is 5.25. The highest BCUT2D eigenvalue weighted by Gasteiger charge is 2.05. The minimum Gasteiger partial charge on any atom is -0.393 e. The first-order chi connectivity index (χ1) is 7.27. The number of unbranched alkanes of at least 4 members (excludes halogenated alkanes) is 1. The summed E-state index contributed by atoms with van der Waals surface area (Å²) < 4.78 is 0. The Kier molecular flexibility index (Phi) is 5.32. The van der Waals surface area contributed by atoms with Crippen molar-refractivity contribution < 1.29 is 10.2 Å². The first kappa shape index (κ1) is 12.2. The molecular formula is C12H19NO2. The van der Waals surface area contributed by atoms with Gasteiger partial charge in [0.2, 0.25) is 0 Å². The third kappa shape index (κ3) is 4.00. The number of aryl methyl sites for hydroxylation is 1. The molecule has 0 amide bonds. The molecule has 0 spiro atoms. The lowest BCUT2D eigenvalue weighted by molar-refractivity contribution is 0.0955. The van der Waals surface area contributed by atoms with Crippen LogP contribution in [0.2, 0.25) is 0 Å². The Morgan fingerprint density at radius 1 is 1.27 bits per heavy atom. The van der Waals surface area contributed by atoms with Crippen LogP contribution < -0.4 is 5.73 Å². The summed E-state index contributed by atoms with van der Waals surface area (Å²) in [6.07, 6.45) is 2.30. The zero-order valence-electron chi connectivity index (χ0n) is 8.89. The SMILES string of the molecule is NCCCCc1cccc(C(O)CO)c1. The number of hydrogen-bond acceptors (Lipinski definition) is 3. The fraction of sp³-hybridized carbons (Fsp3) is 0.500. The molecule has 0 saturated carbocycles. The van der Waals surface area contributed by atoms with E-state index in [1.807, 2.05) is 24.3 Å². The summed E-state index contributed by atoms with van der Waals surface area (Å²) >= 11 is 0. The molecule has 1 rings (SSSR count). The topological polar surface area (TPSA) is 66.5 Å². The standard InChI is InChI=1S/C12H19NO2/c13-7-2-1-4-10-5-3-6-11(8-10)12(15)9-14/h3,5-6,8,12,14-15H,1-2,4,7,9,13H2. The molecule has 1 unspecified atom stereocenters. The average molecular weight is 209 g/mol. The fourth-order valence-corrected chi connectivity index (χ4v) is 1.53. The van der Waals surface area contributed by atoms with Crippen molar-refractivity contribution in [3.05, 3.63) is 35.4 Å². The van der Waals surface area contributed by atoms with Crippen LogP contribution in [0.4, 0.5) is 0 Å². The van der Waals surface area contributed by atoms with Crippen molar-refractivity contribution in [2.45, 2.75) is 25.4 Å². The van der Waals surface area contributed by atoms with Gasteiger partial charge in [-0.15, -0.1) is 0 Å². The van der Waals surface area contributed by atoms with Crippen molar-refractivity contribution in [1.82, 2.24) is 0 Å². The summed E-state index contributed by atoms with van der Waals surface area (Å²) in [5.41, 5.74) is 7.39. The molecule has 0 aliphatic carbocycles. The smallest absolute Gasteiger partial charge is 0.102 e. The van der Waals surface area contributed by atoms with Gasteiger partial charge in [0.05, 0.1) is 6.61 Å². The van der Waals surface area contributed by atoms with E-state index in [0.717, 1.165) is 31.4 Å². The van der Waals surface area contributed by atoms with E-state index in [4.69, 9.17) is 10.8 Å². The molecule has 0 saturated heterocycles. The van der Waals surface area contributed by atoms with Crippen LogP contribution in [0.3, 0.4) is 0 Å². The molecule has 4 N–H and O–H groups in total. The van der Waals surface area contributed by atoms with Gasteiger partial charge in [-0.2, -0.15) is 0 Å². The number of nitrogens with two attached hydrogens (primary N) is 1. The molecule has 3 heteroatoms. The van der Waals surface area contributed by atoms with E-state index in [1.165, 1.54) is 5.56 Å². The lowest BCUT2D eigenvalue weighted by Crippen LogP contribution is -2.03. The Morgan fingerprint density at radius 2 is 2.07 bits per heavy atom. The van der Waals surface area contributed by atoms with Crippen LogP contribution in [-0.2, 0) is 6.42 Å². The Hall–Kier alpha value is -0.900. The highest BCUT2D eigenvalue weighted by atomic mass is 16.3. The van der Waals surface area contributed by atoms with Crippen LogP contribution in [0.5, 0.6) is 0 Å². The maximum Gasteiger partial charge on any atom is 0.102 e. The number of aliphatic hydroxyl groups excluding tert-OH is 2. The van der Waals surface area contributed by atoms with Gasteiger partial charge in [-0.3, -0.25) is 0 Å². The van der Waals surface area contributed by atoms with E-state index in [1.54, 1.807) is 0 Å². The number of benzene rings is 1. The van der Waals surface area contributed by atoms with E-state index in [9.17, 15) is 5.11 Å². The number of rotatable bonds is 6. The van der Waals surface area contributed by atoms with Crippen LogP contribution in [0, 0.1) is 0 Å². The van der Waals surface area contributed by atoms with Crippen molar-refractivity contribution in [2.24, 2.45) is 5.73 Å². The van der Waals surface area contributed by atoms with Crippen LogP contribution in [0.25, 0.3) is 0 Å². The van der Waals surface area contributed by atoms with E-state index in [2.05, 4.69) is 0 Å². The van der Waals surface area contributed by atoms with E-state index < -0.39 is 6.10 Å². The van der Waals surface area contributed by atoms with Crippen molar-refractivity contribution >= 4 is 0 Å². The Labute approximate surface area is 90.5 Å². The van der Waals surface area contributed by atoms with Crippen LogP contribution in [0.15, 0.2) is 24.3 Å². The van der Waals surface area contributed by atoms with Gasteiger partial charge in [0, 0.05) is 0 Å². The summed E-state index contributed by atoms with van der Waals surface area (Å²) in [6.45, 7) is 0.491. The van der Waals surface area contributed by atoms with Gasteiger partial charge in [0.15, 0.2) is 0 Å². The summed E-state index contributed by atoms with van der Waals surface area (Å²) in [6, 6.07) is 7.71. The second-order valence-electron chi connectivity index (χ2n) is 3.69. The first-order valence-electron chi connectivity index (χ1n) is 5.35. The van der Waals surface area contributed by atoms with Crippen molar-refractivity contribution in [2.75, 3.05) is 13.2 Å². The molecule has 1 aromatic carbocycles. The molecule has 0 aliphatic heterocycles. The van der Waals surface area contributed by atoms with Gasteiger partial charge in [-0.1, -0.05) is 24.3 Å². The minimum absolute atomic E-state index is 0.230. The second kappa shape index (κ2) is 6.56. The molecule has 0 aliphatic rings. The normalized spacial score (nSPS) is 12.7. The quantitative estimate of drug-likeness (QED) is 0.612. The highest BCUT2D eigenvalue weighted by Crippen LogP contribution is 2.15. The summed E-state index contributed by atoms with van der Waals surface area (Å²) in [7, 11) is 0. The van der Waals surface area contributed by atoms with E-state index in [-0.39, 0.29) is 6.61 Å². The van der Waals surface area contributed by atoms with Crippen LogP contribution in [0.1, 0.15) is 30.1 Å². The minimum atomic E-state index is -0.764. The van der Waals surface area contributed by atoms with Crippen molar-refractivity contribution in [1.29, 1.82) is 0 Å². The molecule has 0 bridgehead atoms. The zero-order chi connectivity index (χ0) is 11.1. The summed E-state index contributed by atoms with van der Waals surface area (Å²) in [5, 5.41) is 18.3. The van der Waals surface area contributed by atoms with Crippen LogP contribution >= 0.6 is 0 Å². The van der Waals surface area contributed by atoms with Gasteiger partial charge in [0.25, 0.3) is 0 Å². The first-order valence-corrected chi connectivity index (χ1v) is 5.35. The molecule has 84 valence electrons. The Balaban J connectivity index is 2.57. The maximum atomic E-state index is 9.46. The molecule has 0 aromatic heterocycles. The Morgan fingerprint density at radius 3 is 2.73 bits per heavy atom. The second-order valence-corrected chi connectivity index (χ2v) is 3.69. The number of aliphatic hydroxyl groups is 2. The fourth-order valence-electron chi connectivity index (χ4n) is 1.53. The van der Waals surface area contributed by atoms with Gasteiger partial charge in [-0.05, 0) is 36.9 Å². The van der Waals surface area contributed by atoms with Crippen molar-refractivity contribution in [3.8, 4) is 0 Å². The predicted octanol–water partition coefficient (Wildman–Crippen LogP) is 0.994. The van der Waals surface area contributed by atoms with Gasteiger partial charge >= 0.3 is 0 Å². The summed E-state index contributed by atoms with van der Waals surface area (Å²) in [5.74, 6) is 0. The third-order valence-electron chi connectivity index (χ3n) is 2.43.